The van der Waals surface area contributed by atoms with Crippen LogP contribution in [-0.4, -0.2) is 87.6 Å². The number of thioether (sulfide) groups is 1. The van der Waals surface area contributed by atoms with E-state index in [2.05, 4.69) is 32.3 Å². The third kappa shape index (κ3) is 4.53. The minimum absolute atomic E-state index is 0.253. The molecule has 3 aliphatic rings. The summed E-state index contributed by atoms with van der Waals surface area (Å²) in [5.74, 6) is 3.99. The number of rotatable bonds is 5. The molecule has 0 bridgehead atoms. The summed E-state index contributed by atoms with van der Waals surface area (Å²) >= 11 is 2.07. The average molecular weight is 343 g/mol. The molecule has 7 heteroatoms. The highest BCUT2D eigenvalue weighted by Crippen LogP contribution is 2.33. The van der Waals surface area contributed by atoms with E-state index >= 15 is 0 Å². The summed E-state index contributed by atoms with van der Waals surface area (Å²) in [5.41, 5.74) is 0.253. The van der Waals surface area contributed by atoms with Gasteiger partial charge in [0, 0.05) is 57.0 Å². The van der Waals surface area contributed by atoms with Crippen LogP contribution in [0.15, 0.2) is 4.99 Å². The predicted octanol–water partition coefficient (Wildman–Crippen LogP) is 0.396. The third-order valence-electron chi connectivity index (χ3n) is 5.16. The van der Waals surface area contributed by atoms with Crippen molar-refractivity contribution in [3.63, 3.8) is 0 Å². The molecule has 0 aromatic rings. The molecule has 0 spiro atoms. The normalized spacial score (nSPS) is 33.1. The largest absolute Gasteiger partial charge is 0.381 e. The van der Waals surface area contributed by atoms with Gasteiger partial charge in [-0.15, -0.1) is 0 Å². The number of nitrogens with zero attached hydrogens (tertiary/aromatic N) is 2. The molecule has 0 aromatic heterocycles. The van der Waals surface area contributed by atoms with Crippen LogP contribution in [0.5, 0.6) is 0 Å². The Morgan fingerprint density at radius 1 is 1.26 bits per heavy atom. The molecule has 0 aliphatic carbocycles. The molecule has 3 rings (SSSR count). The van der Waals surface area contributed by atoms with Crippen molar-refractivity contribution < 1.29 is 9.47 Å². The molecule has 2 unspecified atom stereocenters. The van der Waals surface area contributed by atoms with Gasteiger partial charge in [-0.25, -0.2) is 0 Å². The zero-order valence-electron chi connectivity index (χ0n) is 14.2. The minimum Gasteiger partial charge on any atom is -0.381 e. The van der Waals surface area contributed by atoms with Gasteiger partial charge in [0.1, 0.15) is 0 Å². The van der Waals surface area contributed by atoms with Crippen molar-refractivity contribution >= 4 is 17.7 Å². The van der Waals surface area contributed by atoms with Gasteiger partial charge in [0.15, 0.2) is 5.96 Å². The van der Waals surface area contributed by atoms with Crippen molar-refractivity contribution in [1.82, 2.24) is 15.5 Å². The van der Waals surface area contributed by atoms with Crippen LogP contribution in [0.4, 0.5) is 0 Å². The van der Waals surface area contributed by atoms with Crippen LogP contribution in [0.2, 0.25) is 0 Å². The SMILES string of the molecule is CN=C(NCC1CCOC1)NCC1(N2CCOCC2)CCSC1. The molecule has 3 saturated heterocycles. The zero-order chi connectivity index (χ0) is 16.0. The molecule has 2 N–H and O–H groups in total. The number of guanidine groups is 1. The van der Waals surface area contributed by atoms with Crippen LogP contribution >= 0.6 is 11.8 Å². The van der Waals surface area contributed by atoms with Crippen LogP contribution in [0, 0.1) is 5.92 Å². The zero-order valence-corrected chi connectivity index (χ0v) is 15.0. The number of hydrogen-bond acceptors (Lipinski definition) is 5. The number of ether oxygens (including phenoxy) is 2. The van der Waals surface area contributed by atoms with Gasteiger partial charge in [0.25, 0.3) is 0 Å². The first-order valence-corrected chi connectivity index (χ1v) is 9.91. The lowest BCUT2D eigenvalue weighted by Gasteiger charge is -2.43. The summed E-state index contributed by atoms with van der Waals surface area (Å²) < 4.78 is 11.0. The average Bonchev–Trinajstić information content (AvgIpc) is 3.28. The van der Waals surface area contributed by atoms with Gasteiger partial charge < -0.3 is 20.1 Å². The number of hydrogen-bond donors (Lipinski definition) is 2. The van der Waals surface area contributed by atoms with Crippen molar-refractivity contribution in [2.45, 2.75) is 18.4 Å². The van der Waals surface area contributed by atoms with Gasteiger partial charge in [0.2, 0.25) is 0 Å². The van der Waals surface area contributed by atoms with E-state index in [9.17, 15) is 0 Å². The van der Waals surface area contributed by atoms with Crippen LogP contribution in [0.1, 0.15) is 12.8 Å². The summed E-state index contributed by atoms with van der Waals surface area (Å²) in [4.78, 5) is 7.02. The Bertz CT molecular complexity index is 390. The van der Waals surface area contributed by atoms with E-state index in [0.717, 1.165) is 65.0 Å². The van der Waals surface area contributed by atoms with Crippen LogP contribution in [0.25, 0.3) is 0 Å². The second kappa shape index (κ2) is 8.55. The fourth-order valence-electron chi connectivity index (χ4n) is 3.59. The van der Waals surface area contributed by atoms with Crippen molar-refractivity contribution in [2.24, 2.45) is 10.9 Å². The first kappa shape index (κ1) is 17.3. The summed E-state index contributed by atoms with van der Waals surface area (Å²) in [5, 5.41) is 7.04. The third-order valence-corrected chi connectivity index (χ3v) is 6.39. The lowest BCUT2D eigenvalue weighted by Crippen LogP contribution is -2.60. The standard InChI is InChI=1S/C16H30N4O2S/c1-17-15(18-10-14-2-6-22-11-14)19-12-16(3-9-23-13-16)20-4-7-21-8-5-20/h14H,2-13H2,1H3,(H2,17,18,19). The predicted molar refractivity (Wildman–Crippen MR) is 95.4 cm³/mol. The molecule has 0 aromatic carbocycles. The first-order chi connectivity index (χ1) is 11.3. The van der Waals surface area contributed by atoms with E-state index in [4.69, 9.17) is 9.47 Å². The maximum Gasteiger partial charge on any atom is 0.191 e. The van der Waals surface area contributed by atoms with Crippen molar-refractivity contribution in [3.8, 4) is 0 Å². The summed E-state index contributed by atoms with van der Waals surface area (Å²) in [6, 6.07) is 0. The van der Waals surface area contributed by atoms with E-state index in [1.807, 2.05) is 7.05 Å². The van der Waals surface area contributed by atoms with Gasteiger partial charge in [0.05, 0.1) is 19.8 Å². The van der Waals surface area contributed by atoms with Gasteiger partial charge >= 0.3 is 0 Å². The molecule has 0 radical (unpaired) electrons. The highest BCUT2D eigenvalue weighted by atomic mass is 32.2. The Kier molecular flexibility index (Phi) is 6.44. The van der Waals surface area contributed by atoms with E-state index < -0.39 is 0 Å². The van der Waals surface area contributed by atoms with Crippen LogP contribution < -0.4 is 10.6 Å². The Morgan fingerprint density at radius 2 is 2.13 bits per heavy atom. The molecule has 3 heterocycles. The molecule has 0 saturated carbocycles. The van der Waals surface area contributed by atoms with Crippen molar-refractivity contribution in [2.75, 3.05) is 71.2 Å². The highest BCUT2D eigenvalue weighted by Gasteiger charge is 2.40. The first-order valence-electron chi connectivity index (χ1n) is 8.75. The minimum atomic E-state index is 0.253. The fourth-order valence-corrected chi connectivity index (χ4v) is 5.07. The van der Waals surface area contributed by atoms with Gasteiger partial charge in [-0.2, -0.15) is 11.8 Å². The number of morpholine rings is 1. The molecule has 6 nitrogen and oxygen atoms in total. The summed E-state index contributed by atoms with van der Waals surface area (Å²) in [6.07, 6.45) is 2.40. The van der Waals surface area contributed by atoms with E-state index in [-0.39, 0.29) is 5.54 Å². The summed E-state index contributed by atoms with van der Waals surface area (Å²) in [7, 11) is 1.85. The van der Waals surface area contributed by atoms with Crippen LogP contribution in [0.3, 0.4) is 0 Å². The second-order valence-electron chi connectivity index (χ2n) is 6.66. The molecular formula is C16H30N4O2S. The second-order valence-corrected chi connectivity index (χ2v) is 7.77. The number of aliphatic imine (C=N–C) groups is 1. The monoisotopic (exact) mass is 342 g/mol. The molecule has 132 valence electrons. The maximum atomic E-state index is 5.53. The summed E-state index contributed by atoms with van der Waals surface area (Å²) in [6.45, 7) is 7.50. The molecule has 3 fully saturated rings. The molecule has 2 atom stereocenters. The fraction of sp³-hybridized carbons (Fsp3) is 0.938. The topological polar surface area (TPSA) is 58.1 Å². The molecule has 23 heavy (non-hydrogen) atoms. The highest BCUT2D eigenvalue weighted by molar-refractivity contribution is 7.99. The maximum absolute atomic E-state index is 5.53. The van der Waals surface area contributed by atoms with Gasteiger partial charge in [-0.05, 0) is 18.6 Å². The Labute approximate surface area is 143 Å². The van der Waals surface area contributed by atoms with Gasteiger partial charge in [-0.3, -0.25) is 9.89 Å². The lowest BCUT2D eigenvalue weighted by atomic mass is 9.95. The lowest BCUT2D eigenvalue weighted by molar-refractivity contribution is -0.0120. The van der Waals surface area contributed by atoms with E-state index in [0.29, 0.717) is 5.92 Å². The van der Waals surface area contributed by atoms with Crippen molar-refractivity contribution in [3.05, 3.63) is 0 Å². The Morgan fingerprint density at radius 3 is 2.78 bits per heavy atom. The smallest absolute Gasteiger partial charge is 0.191 e. The molecule has 3 aliphatic heterocycles. The number of nitrogens with one attached hydrogen (secondary N) is 2. The van der Waals surface area contributed by atoms with Gasteiger partial charge in [-0.1, -0.05) is 0 Å². The molecular weight excluding hydrogens is 312 g/mol. The van der Waals surface area contributed by atoms with Crippen LogP contribution in [-0.2, 0) is 9.47 Å². The quantitative estimate of drug-likeness (QED) is 0.557. The van der Waals surface area contributed by atoms with Crippen molar-refractivity contribution in [1.29, 1.82) is 0 Å². The van der Waals surface area contributed by atoms with E-state index in [1.165, 1.54) is 17.9 Å². The van der Waals surface area contributed by atoms with E-state index in [1.54, 1.807) is 0 Å². The Balaban J connectivity index is 1.50. The molecule has 0 amide bonds. The Hall–Kier alpha value is -0.500.